The Kier molecular flexibility index (Phi) is 3.93. The lowest BCUT2D eigenvalue weighted by Gasteiger charge is -2.15. The van der Waals surface area contributed by atoms with Crippen molar-refractivity contribution in [3.05, 3.63) is 83.7 Å². The number of ether oxygens (including phenoxy) is 1. The molecule has 1 heterocycles. The number of hydrogen-bond donors (Lipinski definition) is 2. The van der Waals surface area contributed by atoms with Crippen LogP contribution in [0.4, 0.5) is 4.79 Å². The summed E-state index contributed by atoms with van der Waals surface area (Å²) in [6.07, 6.45) is 0.949. The molecule has 130 valence electrons. The second-order valence-electron chi connectivity index (χ2n) is 6.05. The molecule has 0 fully saturated rings. The molecule has 2 aromatic carbocycles. The number of aromatic nitrogens is 1. The number of benzene rings is 2. The van der Waals surface area contributed by atoms with E-state index < -0.39 is 6.09 Å². The Labute approximate surface area is 150 Å². The molecule has 1 aromatic heterocycles. The van der Waals surface area contributed by atoms with Crippen LogP contribution in [0.5, 0.6) is 0 Å². The van der Waals surface area contributed by atoms with Crippen LogP contribution in [-0.2, 0) is 4.74 Å². The summed E-state index contributed by atoms with van der Waals surface area (Å²) >= 11 is 0. The van der Waals surface area contributed by atoms with Crippen molar-refractivity contribution < 1.29 is 14.7 Å². The molecule has 0 aliphatic heterocycles. The lowest BCUT2D eigenvalue weighted by atomic mass is 9.98. The highest BCUT2D eigenvalue weighted by Gasteiger charge is 2.29. The normalized spacial score (nSPS) is 13.3. The number of rotatable bonds is 3. The molecule has 1 aliphatic carbocycles. The van der Waals surface area contributed by atoms with E-state index in [9.17, 15) is 4.79 Å². The Morgan fingerprint density at radius 1 is 1.04 bits per heavy atom. The summed E-state index contributed by atoms with van der Waals surface area (Å²) in [6, 6.07) is 19.5. The van der Waals surface area contributed by atoms with Crippen LogP contribution in [0.2, 0.25) is 0 Å². The minimum atomic E-state index is -0.571. The van der Waals surface area contributed by atoms with E-state index in [0.29, 0.717) is 0 Å². The SMILES string of the molecule is N/C(=N/O)c1cccn1C(=O)OCC1c2ccccc2-c2ccccc21. The summed E-state index contributed by atoms with van der Waals surface area (Å²) in [7, 11) is 0. The Morgan fingerprint density at radius 3 is 2.27 bits per heavy atom. The van der Waals surface area contributed by atoms with Crippen molar-refractivity contribution in [2.75, 3.05) is 6.61 Å². The zero-order valence-electron chi connectivity index (χ0n) is 13.9. The molecule has 1 aliphatic rings. The molecule has 6 heteroatoms. The molecule has 3 aromatic rings. The van der Waals surface area contributed by atoms with Crippen LogP contribution in [0.25, 0.3) is 11.1 Å². The first-order valence-electron chi connectivity index (χ1n) is 8.21. The van der Waals surface area contributed by atoms with Crippen molar-refractivity contribution in [3.8, 4) is 11.1 Å². The molecule has 0 saturated carbocycles. The van der Waals surface area contributed by atoms with Gasteiger partial charge in [0, 0.05) is 12.1 Å². The van der Waals surface area contributed by atoms with E-state index in [0.717, 1.165) is 11.1 Å². The number of nitrogens with zero attached hydrogens (tertiary/aromatic N) is 2. The zero-order valence-corrected chi connectivity index (χ0v) is 13.9. The van der Waals surface area contributed by atoms with Gasteiger partial charge in [-0.3, -0.25) is 0 Å². The largest absolute Gasteiger partial charge is 0.448 e. The number of carbonyl (C=O) groups is 1. The molecule has 0 unspecified atom stereocenters. The van der Waals surface area contributed by atoms with Crippen LogP contribution < -0.4 is 5.73 Å². The van der Waals surface area contributed by atoms with E-state index in [-0.39, 0.29) is 24.1 Å². The molecule has 0 saturated heterocycles. The van der Waals surface area contributed by atoms with Crippen LogP contribution in [-0.4, -0.2) is 28.3 Å². The molecule has 26 heavy (non-hydrogen) atoms. The molecule has 6 nitrogen and oxygen atoms in total. The second-order valence-corrected chi connectivity index (χ2v) is 6.05. The molecular weight excluding hydrogens is 330 g/mol. The fourth-order valence-corrected chi connectivity index (χ4v) is 3.46. The van der Waals surface area contributed by atoms with Crippen molar-refractivity contribution in [2.24, 2.45) is 10.9 Å². The maximum atomic E-state index is 12.5. The van der Waals surface area contributed by atoms with Crippen molar-refractivity contribution in [1.29, 1.82) is 0 Å². The third-order valence-corrected chi connectivity index (χ3v) is 4.65. The van der Waals surface area contributed by atoms with Crippen molar-refractivity contribution in [1.82, 2.24) is 4.57 Å². The van der Waals surface area contributed by atoms with Crippen molar-refractivity contribution in [3.63, 3.8) is 0 Å². The minimum absolute atomic E-state index is 0.0192. The molecule has 0 radical (unpaired) electrons. The summed E-state index contributed by atoms with van der Waals surface area (Å²) in [5.74, 6) is -0.169. The maximum absolute atomic E-state index is 12.5. The van der Waals surface area contributed by atoms with Gasteiger partial charge < -0.3 is 15.7 Å². The monoisotopic (exact) mass is 347 g/mol. The van der Waals surface area contributed by atoms with Crippen LogP contribution in [0.3, 0.4) is 0 Å². The first-order valence-corrected chi connectivity index (χ1v) is 8.21. The zero-order chi connectivity index (χ0) is 18.1. The Morgan fingerprint density at radius 2 is 1.65 bits per heavy atom. The summed E-state index contributed by atoms with van der Waals surface area (Å²) in [5, 5.41) is 11.8. The number of amidine groups is 1. The topological polar surface area (TPSA) is 89.8 Å². The van der Waals surface area contributed by atoms with E-state index >= 15 is 0 Å². The lowest BCUT2D eigenvalue weighted by Crippen LogP contribution is -2.24. The predicted octanol–water partition coefficient (Wildman–Crippen LogP) is 3.38. The van der Waals surface area contributed by atoms with E-state index in [1.54, 1.807) is 12.1 Å². The summed E-state index contributed by atoms with van der Waals surface area (Å²) in [4.78, 5) is 12.5. The maximum Gasteiger partial charge on any atom is 0.418 e. The first kappa shape index (κ1) is 16.0. The lowest BCUT2D eigenvalue weighted by molar-refractivity contribution is 0.144. The number of fused-ring (bicyclic) bond motifs is 3. The summed E-state index contributed by atoms with van der Waals surface area (Å²) in [5.41, 5.74) is 10.5. The second kappa shape index (κ2) is 6.40. The van der Waals surface area contributed by atoms with Gasteiger partial charge in [-0.2, -0.15) is 0 Å². The van der Waals surface area contributed by atoms with Crippen LogP contribution in [0, 0.1) is 0 Å². The Bertz CT molecular complexity index is 961. The van der Waals surface area contributed by atoms with Gasteiger partial charge in [-0.1, -0.05) is 53.7 Å². The van der Waals surface area contributed by atoms with Gasteiger partial charge in [-0.15, -0.1) is 0 Å². The van der Waals surface area contributed by atoms with Crippen LogP contribution in [0.15, 0.2) is 72.0 Å². The van der Waals surface area contributed by atoms with Crippen molar-refractivity contribution in [2.45, 2.75) is 5.92 Å². The smallest absolute Gasteiger partial charge is 0.418 e. The molecule has 3 N–H and O–H groups in total. The van der Waals surface area contributed by atoms with Gasteiger partial charge in [0.2, 0.25) is 0 Å². The average Bonchev–Trinajstić information content (AvgIpc) is 3.29. The molecular formula is C20H17N3O3. The number of hydrogen-bond acceptors (Lipinski definition) is 4. The number of carbonyl (C=O) groups excluding carboxylic acids is 1. The highest BCUT2D eigenvalue weighted by Crippen LogP contribution is 2.44. The van der Waals surface area contributed by atoms with E-state index in [1.165, 1.54) is 21.9 Å². The number of nitrogens with two attached hydrogens (primary N) is 1. The first-order chi connectivity index (χ1) is 12.7. The average molecular weight is 347 g/mol. The van der Waals surface area contributed by atoms with E-state index in [4.69, 9.17) is 15.7 Å². The van der Waals surface area contributed by atoms with Gasteiger partial charge in [0.25, 0.3) is 0 Å². The molecule has 0 spiro atoms. The van der Waals surface area contributed by atoms with E-state index in [1.807, 2.05) is 24.3 Å². The predicted molar refractivity (Wildman–Crippen MR) is 97.4 cm³/mol. The summed E-state index contributed by atoms with van der Waals surface area (Å²) in [6.45, 7) is 0.209. The quantitative estimate of drug-likeness (QED) is 0.329. The standard InChI is InChI=1S/C20H17N3O3/c21-19(22-25)18-10-5-11-23(18)20(24)26-12-17-15-8-3-1-6-13(15)14-7-2-4-9-16(14)17/h1-11,17,25H,12H2,(H2,21,22). The van der Waals surface area contributed by atoms with Gasteiger partial charge in [-0.25, -0.2) is 9.36 Å². The van der Waals surface area contributed by atoms with Gasteiger partial charge in [0.15, 0.2) is 5.84 Å². The number of oxime groups is 1. The Balaban J connectivity index is 1.59. The molecule has 0 atom stereocenters. The molecule has 0 amide bonds. The minimum Gasteiger partial charge on any atom is -0.448 e. The molecule has 4 rings (SSSR count). The Hall–Kier alpha value is -3.54. The van der Waals surface area contributed by atoms with Gasteiger partial charge in [-0.05, 0) is 34.4 Å². The highest BCUT2D eigenvalue weighted by molar-refractivity contribution is 5.98. The van der Waals surface area contributed by atoms with Gasteiger partial charge >= 0.3 is 6.09 Å². The van der Waals surface area contributed by atoms with Gasteiger partial charge in [0.1, 0.15) is 6.61 Å². The van der Waals surface area contributed by atoms with Crippen LogP contribution >= 0.6 is 0 Å². The third kappa shape index (κ3) is 2.52. The summed E-state index contributed by atoms with van der Waals surface area (Å²) < 4.78 is 6.78. The fraction of sp³-hybridized carbons (Fsp3) is 0.100. The van der Waals surface area contributed by atoms with Gasteiger partial charge in [0.05, 0.1) is 5.69 Å². The molecule has 0 bridgehead atoms. The fourth-order valence-electron chi connectivity index (χ4n) is 3.46. The van der Waals surface area contributed by atoms with Crippen molar-refractivity contribution >= 4 is 11.9 Å². The third-order valence-electron chi connectivity index (χ3n) is 4.65. The van der Waals surface area contributed by atoms with Crippen LogP contribution in [0.1, 0.15) is 22.7 Å². The highest BCUT2D eigenvalue weighted by atomic mass is 16.5. The van der Waals surface area contributed by atoms with E-state index in [2.05, 4.69) is 29.4 Å².